The van der Waals surface area contributed by atoms with E-state index >= 15 is 0 Å². The van der Waals surface area contributed by atoms with Crippen LogP contribution < -0.4 is 5.32 Å². The Kier molecular flexibility index (Phi) is 3.42. The standard InChI is InChI=1S/C17H17NO2/c19-17(20)14-7-4-8-15(11-14)18-16(13-9-10-13)12-5-2-1-3-6-12/h1-8,11,13,16,18H,9-10H2,(H,19,20). The second kappa shape index (κ2) is 5.37. The highest BCUT2D eigenvalue weighted by atomic mass is 16.4. The van der Waals surface area contributed by atoms with Crippen molar-refractivity contribution >= 4 is 11.7 Å². The molecule has 2 N–H and O–H groups in total. The van der Waals surface area contributed by atoms with Crippen molar-refractivity contribution in [2.75, 3.05) is 5.32 Å². The summed E-state index contributed by atoms with van der Waals surface area (Å²) in [5.41, 5.74) is 2.44. The number of carbonyl (C=O) groups is 1. The zero-order valence-electron chi connectivity index (χ0n) is 11.1. The molecule has 1 unspecified atom stereocenters. The minimum absolute atomic E-state index is 0.264. The molecule has 1 atom stereocenters. The Morgan fingerprint density at radius 3 is 2.50 bits per heavy atom. The highest BCUT2D eigenvalue weighted by Gasteiger charge is 2.32. The van der Waals surface area contributed by atoms with Gasteiger partial charge < -0.3 is 10.4 Å². The van der Waals surface area contributed by atoms with E-state index in [4.69, 9.17) is 5.11 Å². The molecule has 2 aromatic carbocycles. The third kappa shape index (κ3) is 2.82. The zero-order chi connectivity index (χ0) is 13.9. The average molecular weight is 267 g/mol. The molecule has 102 valence electrons. The van der Waals surface area contributed by atoms with Crippen molar-refractivity contribution in [2.24, 2.45) is 5.92 Å². The Balaban J connectivity index is 1.84. The minimum Gasteiger partial charge on any atom is -0.478 e. The Morgan fingerprint density at radius 2 is 1.85 bits per heavy atom. The monoisotopic (exact) mass is 267 g/mol. The highest BCUT2D eigenvalue weighted by molar-refractivity contribution is 5.88. The Morgan fingerprint density at radius 1 is 1.10 bits per heavy atom. The van der Waals surface area contributed by atoms with Crippen molar-refractivity contribution in [1.82, 2.24) is 0 Å². The maximum atomic E-state index is 11.0. The Bertz CT molecular complexity index is 605. The maximum absolute atomic E-state index is 11.0. The van der Waals surface area contributed by atoms with Crippen LogP contribution in [0, 0.1) is 5.92 Å². The van der Waals surface area contributed by atoms with Gasteiger partial charge >= 0.3 is 5.97 Å². The quantitative estimate of drug-likeness (QED) is 0.862. The van der Waals surface area contributed by atoms with E-state index < -0.39 is 5.97 Å². The van der Waals surface area contributed by atoms with Gasteiger partial charge in [0.2, 0.25) is 0 Å². The number of nitrogens with one attached hydrogen (secondary N) is 1. The van der Waals surface area contributed by atoms with Crippen molar-refractivity contribution in [1.29, 1.82) is 0 Å². The fraction of sp³-hybridized carbons (Fsp3) is 0.235. The fourth-order valence-electron chi connectivity index (χ4n) is 2.48. The third-order valence-corrected chi connectivity index (χ3v) is 3.68. The van der Waals surface area contributed by atoms with Crippen molar-refractivity contribution in [2.45, 2.75) is 18.9 Å². The largest absolute Gasteiger partial charge is 0.478 e. The van der Waals surface area contributed by atoms with Crippen LogP contribution in [0.15, 0.2) is 54.6 Å². The fourth-order valence-corrected chi connectivity index (χ4v) is 2.48. The van der Waals surface area contributed by atoms with Crippen molar-refractivity contribution in [3.05, 3.63) is 65.7 Å². The van der Waals surface area contributed by atoms with Crippen molar-refractivity contribution < 1.29 is 9.90 Å². The Labute approximate surface area is 118 Å². The van der Waals surface area contributed by atoms with E-state index in [9.17, 15) is 4.79 Å². The smallest absolute Gasteiger partial charge is 0.335 e. The molecule has 3 heteroatoms. The van der Waals surface area contributed by atoms with Crippen LogP contribution in [0.2, 0.25) is 0 Å². The normalized spacial score (nSPS) is 15.6. The van der Waals surface area contributed by atoms with Crippen LogP contribution in [-0.4, -0.2) is 11.1 Å². The van der Waals surface area contributed by atoms with Gasteiger partial charge in [-0.1, -0.05) is 36.4 Å². The summed E-state index contributed by atoms with van der Waals surface area (Å²) in [5, 5.41) is 12.5. The molecule has 1 aliphatic rings. The molecule has 0 saturated heterocycles. The van der Waals surface area contributed by atoms with E-state index in [0.29, 0.717) is 11.5 Å². The van der Waals surface area contributed by atoms with Crippen LogP contribution in [0.25, 0.3) is 0 Å². The minimum atomic E-state index is -0.892. The molecular weight excluding hydrogens is 250 g/mol. The van der Waals surface area contributed by atoms with Gasteiger partial charge in [0.05, 0.1) is 11.6 Å². The molecule has 0 aliphatic heterocycles. The molecule has 1 fully saturated rings. The van der Waals surface area contributed by atoms with Gasteiger partial charge in [-0.3, -0.25) is 0 Å². The van der Waals surface area contributed by atoms with Gasteiger partial charge in [-0.25, -0.2) is 4.79 Å². The van der Waals surface area contributed by atoms with Gasteiger partial charge in [-0.2, -0.15) is 0 Å². The summed E-state index contributed by atoms with van der Waals surface area (Å²) in [6.07, 6.45) is 2.45. The summed E-state index contributed by atoms with van der Waals surface area (Å²) < 4.78 is 0. The van der Waals surface area contributed by atoms with E-state index in [-0.39, 0.29) is 6.04 Å². The van der Waals surface area contributed by atoms with Gasteiger partial charge in [-0.05, 0) is 42.5 Å². The average Bonchev–Trinajstić information content (AvgIpc) is 3.30. The summed E-state index contributed by atoms with van der Waals surface area (Å²) in [7, 11) is 0. The van der Waals surface area contributed by atoms with Crippen LogP contribution in [-0.2, 0) is 0 Å². The first-order chi connectivity index (χ1) is 9.74. The lowest BCUT2D eigenvalue weighted by atomic mass is 10.0. The molecule has 0 aromatic heterocycles. The number of hydrogen-bond donors (Lipinski definition) is 2. The van der Waals surface area contributed by atoms with Crippen LogP contribution in [0.4, 0.5) is 5.69 Å². The first-order valence-corrected chi connectivity index (χ1v) is 6.89. The summed E-state index contributed by atoms with van der Waals surface area (Å²) in [4.78, 5) is 11.0. The predicted molar refractivity (Wildman–Crippen MR) is 78.9 cm³/mol. The summed E-state index contributed by atoms with van der Waals surface area (Å²) in [5.74, 6) is -0.248. The number of benzene rings is 2. The number of aromatic carboxylic acids is 1. The number of carboxylic acids is 1. The molecule has 0 radical (unpaired) electrons. The molecule has 3 rings (SSSR count). The summed E-state index contributed by atoms with van der Waals surface area (Å²) in [6, 6.07) is 17.6. The van der Waals surface area contributed by atoms with Gasteiger partial charge in [0.25, 0.3) is 0 Å². The first-order valence-electron chi connectivity index (χ1n) is 6.89. The summed E-state index contributed by atoms with van der Waals surface area (Å²) >= 11 is 0. The zero-order valence-corrected chi connectivity index (χ0v) is 11.1. The van der Waals surface area contributed by atoms with Crippen LogP contribution >= 0.6 is 0 Å². The maximum Gasteiger partial charge on any atom is 0.335 e. The molecule has 0 bridgehead atoms. The molecule has 0 spiro atoms. The lowest BCUT2D eigenvalue weighted by molar-refractivity contribution is 0.0697. The lowest BCUT2D eigenvalue weighted by Gasteiger charge is -2.20. The van der Waals surface area contributed by atoms with Crippen LogP contribution in [0.5, 0.6) is 0 Å². The summed E-state index contributed by atoms with van der Waals surface area (Å²) in [6.45, 7) is 0. The van der Waals surface area contributed by atoms with Crippen LogP contribution in [0.3, 0.4) is 0 Å². The topological polar surface area (TPSA) is 49.3 Å². The van der Waals surface area contributed by atoms with Gasteiger partial charge in [-0.15, -0.1) is 0 Å². The van der Waals surface area contributed by atoms with Gasteiger partial charge in [0.15, 0.2) is 0 Å². The van der Waals surface area contributed by atoms with Gasteiger partial charge in [0, 0.05) is 5.69 Å². The molecule has 0 amide bonds. The Hall–Kier alpha value is -2.29. The van der Waals surface area contributed by atoms with E-state index in [1.165, 1.54) is 18.4 Å². The molecule has 20 heavy (non-hydrogen) atoms. The second-order valence-corrected chi connectivity index (χ2v) is 5.26. The van der Waals surface area contributed by atoms with Gasteiger partial charge in [0.1, 0.15) is 0 Å². The molecule has 1 saturated carbocycles. The van der Waals surface area contributed by atoms with Crippen molar-refractivity contribution in [3.8, 4) is 0 Å². The molecule has 2 aromatic rings. The first kappa shape index (κ1) is 12.7. The molecular formula is C17H17NO2. The van der Waals surface area contributed by atoms with Crippen molar-refractivity contribution in [3.63, 3.8) is 0 Å². The van der Waals surface area contributed by atoms with Crippen LogP contribution in [0.1, 0.15) is 34.8 Å². The molecule has 0 heterocycles. The molecule has 3 nitrogen and oxygen atoms in total. The molecule has 1 aliphatic carbocycles. The number of hydrogen-bond acceptors (Lipinski definition) is 2. The van der Waals surface area contributed by atoms with E-state index in [2.05, 4.69) is 17.4 Å². The lowest BCUT2D eigenvalue weighted by Crippen LogP contribution is -2.13. The third-order valence-electron chi connectivity index (χ3n) is 3.68. The highest BCUT2D eigenvalue weighted by Crippen LogP contribution is 2.42. The van der Waals surface area contributed by atoms with E-state index in [1.54, 1.807) is 18.2 Å². The number of anilines is 1. The number of rotatable bonds is 5. The number of carboxylic acid groups (broad SMARTS) is 1. The van der Waals surface area contributed by atoms with E-state index in [1.807, 2.05) is 24.3 Å². The second-order valence-electron chi connectivity index (χ2n) is 5.26. The predicted octanol–water partition coefficient (Wildman–Crippen LogP) is 3.95. The SMILES string of the molecule is O=C(O)c1cccc(NC(c2ccccc2)C2CC2)c1. The van der Waals surface area contributed by atoms with E-state index in [0.717, 1.165) is 5.69 Å².